The van der Waals surface area contributed by atoms with Crippen LogP contribution in [-0.2, 0) is 14.4 Å². The Morgan fingerprint density at radius 2 is 1.67 bits per heavy atom. The largest absolute Gasteiger partial charge is 0.480 e. The summed E-state index contributed by atoms with van der Waals surface area (Å²) in [5.41, 5.74) is 0.552. The number of nitrogens with zero attached hydrogens (tertiary/aromatic N) is 1. The summed E-state index contributed by atoms with van der Waals surface area (Å²) in [5, 5.41) is 20.6. The van der Waals surface area contributed by atoms with Crippen molar-refractivity contribution < 1.29 is 24.6 Å². The number of carboxylic acid groups (broad SMARTS) is 1. The van der Waals surface area contributed by atoms with Gasteiger partial charge in [-0.25, -0.2) is 0 Å². The van der Waals surface area contributed by atoms with Gasteiger partial charge in [0.25, 0.3) is 0 Å². The summed E-state index contributed by atoms with van der Waals surface area (Å²) in [6.07, 6.45) is 9.36. The summed E-state index contributed by atoms with van der Waals surface area (Å²) in [6.45, 7) is 2.88. The quantitative estimate of drug-likeness (QED) is 0.282. The molecule has 1 unspecified atom stereocenters. The first-order valence-electron chi connectivity index (χ1n) is 10.6. The van der Waals surface area contributed by atoms with Crippen LogP contribution in [0.15, 0.2) is 43.0 Å². The molecular formula is C23H34N2O5. The summed E-state index contributed by atoms with van der Waals surface area (Å²) in [4.78, 5) is 37.8. The predicted molar refractivity (Wildman–Crippen MR) is 117 cm³/mol. The minimum atomic E-state index is -1.17. The molecular weight excluding hydrogens is 384 g/mol. The van der Waals surface area contributed by atoms with Crippen LogP contribution in [0.25, 0.3) is 0 Å². The molecule has 1 atom stereocenters. The molecule has 166 valence electrons. The van der Waals surface area contributed by atoms with E-state index in [2.05, 4.69) is 11.9 Å². The zero-order chi connectivity index (χ0) is 22.2. The standard InChI is InChI=1S/C23H34N2O5/c1-2-3-4-5-6-7-8-12-15-21(27)25(19-13-10-9-11-14-19)20(16-17-26)23(30)24-18-22(28)29/h2,9-11,13-14,20,26H,1,3-8,12,15-18H2,(H,24,30)(H,28,29). The molecule has 1 rings (SSSR count). The lowest BCUT2D eigenvalue weighted by Crippen LogP contribution is -2.51. The van der Waals surface area contributed by atoms with Crippen molar-refractivity contribution in [3.05, 3.63) is 43.0 Å². The number of carbonyl (C=O) groups excluding carboxylic acids is 2. The maximum Gasteiger partial charge on any atom is 0.322 e. The molecule has 0 aromatic heterocycles. The van der Waals surface area contributed by atoms with Gasteiger partial charge in [-0.1, -0.05) is 50.0 Å². The minimum Gasteiger partial charge on any atom is -0.480 e. The average Bonchev–Trinajstić information content (AvgIpc) is 2.74. The van der Waals surface area contributed by atoms with Gasteiger partial charge < -0.3 is 15.5 Å². The number of hydrogen-bond donors (Lipinski definition) is 3. The van der Waals surface area contributed by atoms with Crippen molar-refractivity contribution in [2.75, 3.05) is 18.1 Å². The molecule has 30 heavy (non-hydrogen) atoms. The Labute approximate surface area is 178 Å². The van der Waals surface area contributed by atoms with Gasteiger partial charge in [0.2, 0.25) is 11.8 Å². The third kappa shape index (κ3) is 9.69. The fraction of sp³-hybridized carbons (Fsp3) is 0.522. The molecule has 0 aliphatic rings. The van der Waals surface area contributed by atoms with Crippen LogP contribution in [0.2, 0.25) is 0 Å². The Morgan fingerprint density at radius 1 is 1.03 bits per heavy atom. The third-order valence-electron chi connectivity index (χ3n) is 4.78. The van der Waals surface area contributed by atoms with Crippen LogP contribution in [0.3, 0.4) is 0 Å². The Hall–Kier alpha value is -2.67. The maximum atomic E-state index is 13.0. The molecule has 1 aromatic rings. The maximum absolute atomic E-state index is 13.0. The molecule has 7 heteroatoms. The highest BCUT2D eigenvalue weighted by atomic mass is 16.4. The van der Waals surface area contributed by atoms with Gasteiger partial charge in [-0.3, -0.25) is 19.3 Å². The molecule has 0 aliphatic heterocycles. The zero-order valence-electron chi connectivity index (χ0n) is 17.6. The topological polar surface area (TPSA) is 107 Å². The van der Waals surface area contributed by atoms with Crippen LogP contribution in [0.5, 0.6) is 0 Å². The van der Waals surface area contributed by atoms with E-state index in [1.807, 2.05) is 12.1 Å². The van der Waals surface area contributed by atoms with Crippen LogP contribution < -0.4 is 10.2 Å². The smallest absolute Gasteiger partial charge is 0.322 e. The van der Waals surface area contributed by atoms with Crippen LogP contribution in [0.1, 0.15) is 57.8 Å². The summed E-state index contributed by atoms with van der Waals surface area (Å²) in [5.74, 6) is -1.97. The number of unbranched alkanes of at least 4 members (excludes halogenated alkanes) is 6. The molecule has 0 saturated carbocycles. The summed E-state index contributed by atoms with van der Waals surface area (Å²) < 4.78 is 0. The second-order valence-corrected chi connectivity index (χ2v) is 7.19. The molecule has 0 fully saturated rings. The van der Waals surface area contributed by atoms with Gasteiger partial charge in [0, 0.05) is 25.1 Å². The number of allylic oxidation sites excluding steroid dienone is 1. The minimum absolute atomic E-state index is 0.0232. The van der Waals surface area contributed by atoms with Crippen LogP contribution in [0, 0.1) is 0 Å². The Kier molecular flexibility index (Phi) is 12.9. The first kappa shape index (κ1) is 25.4. The number of carboxylic acids is 1. The number of aliphatic carboxylic acids is 1. The molecule has 0 saturated heterocycles. The number of anilines is 1. The number of carbonyl (C=O) groups is 3. The van der Waals surface area contributed by atoms with Crippen molar-refractivity contribution in [3.63, 3.8) is 0 Å². The third-order valence-corrected chi connectivity index (χ3v) is 4.78. The number of rotatable bonds is 16. The molecule has 1 aromatic carbocycles. The molecule has 0 aliphatic carbocycles. The van der Waals surface area contributed by atoms with Gasteiger partial charge in [-0.2, -0.15) is 0 Å². The van der Waals surface area contributed by atoms with Crippen molar-refractivity contribution in [3.8, 4) is 0 Å². The highest BCUT2D eigenvalue weighted by Gasteiger charge is 2.30. The van der Waals surface area contributed by atoms with E-state index in [1.54, 1.807) is 24.3 Å². The van der Waals surface area contributed by atoms with Crippen molar-refractivity contribution in [2.24, 2.45) is 0 Å². The SMILES string of the molecule is C=CCCCCCCCCC(=O)N(c1ccccc1)C(CCO)C(=O)NCC(=O)O. The molecule has 7 nitrogen and oxygen atoms in total. The number of amides is 2. The summed E-state index contributed by atoms with van der Waals surface area (Å²) >= 11 is 0. The Balaban J connectivity index is 2.76. The number of aliphatic hydroxyl groups excluding tert-OH is 1. The van der Waals surface area contributed by atoms with E-state index in [9.17, 15) is 19.5 Å². The van der Waals surface area contributed by atoms with Crippen molar-refractivity contribution >= 4 is 23.5 Å². The monoisotopic (exact) mass is 418 g/mol. The normalized spacial score (nSPS) is 11.5. The lowest BCUT2D eigenvalue weighted by atomic mass is 10.1. The van der Waals surface area contributed by atoms with E-state index in [1.165, 1.54) is 4.90 Å². The van der Waals surface area contributed by atoms with E-state index in [4.69, 9.17) is 5.11 Å². The molecule has 0 spiro atoms. The van der Waals surface area contributed by atoms with Crippen molar-refractivity contribution in [1.82, 2.24) is 5.32 Å². The number of benzene rings is 1. The molecule has 0 heterocycles. The Morgan fingerprint density at radius 3 is 2.27 bits per heavy atom. The molecule has 0 bridgehead atoms. The number of nitrogens with one attached hydrogen (secondary N) is 1. The second-order valence-electron chi connectivity index (χ2n) is 7.19. The first-order valence-corrected chi connectivity index (χ1v) is 10.6. The van der Waals surface area contributed by atoms with E-state index in [0.29, 0.717) is 12.1 Å². The predicted octanol–water partition coefficient (Wildman–Crippen LogP) is 3.28. The molecule has 2 amide bonds. The average molecular weight is 419 g/mol. The van der Waals surface area contributed by atoms with E-state index in [-0.39, 0.29) is 25.4 Å². The van der Waals surface area contributed by atoms with Crippen molar-refractivity contribution in [2.45, 2.75) is 63.8 Å². The van der Waals surface area contributed by atoms with Gasteiger partial charge in [0.15, 0.2) is 0 Å². The van der Waals surface area contributed by atoms with E-state index < -0.39 is 24.5 Å². The van der Waals surface area contributed by atoms with Gasteiger partial charge in [-0.15, -0.1) is 6.58 Å². The zero-order valence-corrected chi connectivity index (χ0v) is 17.6. The van der Waals surface area contributed by atoms with Crippen molar-refractivity contribution in [1.29, 1.82) is 0 Å². The van der Waals surface area contributed by atoms with Gasteiger partial charge in [-0.05, 0) is 31.4 Å². The summed E-state index contributed by atoms with van der Waals surface area (Å²) in [6, 6.07) is 7.83. The van der Waals surface area contributed by atoms with Gasteiger partial charge in [0.1, 0.15) is 12.6 Å². The molecule has 3 N–H and O–H groups in total. The lowest BCUT2D eigenvalue weighted by Gasteiger charge is -2.31. The Bertz CT molecular complexity index is 663. The number of aliphatic hydroxyl groups is 1. The first-order chi connectivity index (χ1) is 14.5. The highest BCUT2D eigenvalue weighted by molar-refractivity contribution is 6.01. The number of hydrogen-bond acceptors (Lipinski definition) is 4. The summed E-state index contributed by atoms with van der Waals surface area (Å²) in [7, 11) is 0. The van der Waals surface area contributed by atoms with E-state index in [0.717, 1.165) is 38.5 Å². The highest BCUT2D eigenvalue weighted by Crippen LogP contribution is 2.21. The fourth-order valence-electron chi connectivity index (χ4n) is 3.26. The fourth-order valence-corrected chi connectivity index (χ4v) is 3.26. The lowest BCUT2D eigenvalue weighted by molar-refractivity contribution is -0.138. The van der Waals surface area contributed by atoms with Gasteiger partial charge >= 0.3 is 5.97 Å². The van der Waals surface area contributed by atoms with Crippen LogP contribution in [0.4, 0.5) is 5.69 Å². The van der Waals surface area contributed by atoms with Gasteiger partial charge in [0.05, 0.1) is 0 Å². The second kappa shape index (κ2) is 15.2. The van der Waals surface area contributed by atoms with Crippen LogP contribution in [-0.4, -0.2) is 47.2 Å². The molecule has 0 radical (unpaired) electrons. The number of para-hydroxylation sites is 1. The van der Waals surface area contributed by atoms with Crippen LogP contribution >= 0.6 is 0 Å². The van der Waals surface area contributed by atoms with E-state index >= 15 is 0 Å².